The Bertz CT molecular complexity index is 524. The van der Waals surface area contributed by atoms with Crippen LogP contribution in [0, 0.1) is 0 Å². The maximum atomic E-state index is 10.6. The quantitative estimate of drug-likeness (QED) is 0.487. The van der Waals surface area contributed by atoms with Gasteiger partial charge in [-0.05, 0) is 30.1 Å². The lowest BCUT2D eigenvalue weighted by atomic mass is 9.95. The molecule has 25 heavy (non-hydrogen) atoms. The molecule has 0 unspecified atom stereocenters. The number of ether oxygens (including phenoxy) is 1. The molecule has 0 saturated carbocycles. The molecule has 2 atom stereocenters. The van der Waals surface area contributed by atoms with E-state index < -0.39 is 20.0 Å². The predicted molar refractivity (Wildman–Crippen MR) is 105 cm³/mol. The zero-order valence-corrected chi connectivity index (χ0v) is 17.3. The second-order valence-electron chi connectivity index (χ2n) is 8.00. The van der Waals surface area contributed by atoms with E-state index in [0.29, 0.717) is 19.6 Å². The van der Waals surface area contributed by atoms with Crippen molar-refractivity contribution in [1.82, 2.24) is 0 Å². The van der Waals surface area contributed by atoms with Crippen molar-refractivity contribution >= 4 is 8.32 Å². The van der Waals surface area contributed by atoms with Crippen molar-refractivity contribution < 1.29 is 19.4 Å². The highest BCUT2D eigenvalue weighted by Crippen LogP contribution is 2.36. The van der Waals surface area contributed by atoms with E-state index in [1.165, 1.54) is 6.08 Å². The molecule has 2 N–H and O–H groups in total. The summed E-state index contributed by atoms with van der Waals surface area (Å²) < 4.78 is 12.0. The molecule has 0 fully saturated rings. The molecule has 0 aliphatic carbocycles. The third-order valence-corrected chi connectivity index (χ3v) is 9.71. The molecular weight excluding hydrogens is 332 g/mol. The van der Waals surface area contributed by atoms with E-state index in [4.69, 9.17) is 9.16 Å². The lowest BCUT2D eigenvalue weighted by Crippen LogP contribution is -2.48. The lowest BCUT2D eigenvalue weighted by Gasteiger charge is -2.38. The first-order valence-electron chi connectivity index (χ1n) is 8.82. The van der Waals surface area contributed by atoms with Gasteiger partial charge in [-0.2, -0.15) is 0 Å². The van der Waals surface area contributed by atoms with Crippen LogP contribution in [0.5, 0.6) is 0 Å². The predicted octanol–water partition coefficient (Wildman–Crippen LogP) is 3.89. The highest BCUT2D eigenvalue weighted by atomic mass is 28.4. The van der Waals surface area contributed by atoms with Crippen LogP contribution in [0.3, 0.4) is 0 Å². The Hall–Kier alpha value is -0.983. The van der Waals surface area contributed by atoms with E-state index in [2.05, 4.69) is 40.4 Å². The maximum absolute atomic E-state index is 10.6. The molecule has 1 aromatic rings. The van der Waals surface area contributed by atoms with Crippen LogP contribution in [0.15, 0.2) is 43.0 Å². The number of aliphatic hydroxyl groups is 2. The summed E-state index contributed by atoms with van der Waals surface area (Å²) in [5.41, 5.74) is -0.209. The number of benzene rings is 1. The van der Waals surface area contributed by atoms with Gasteiger partial charge in [0.15, 0.2) is 8.32 Å². The zero-order valence-electron chi connectivity index (χ0n) is 16.3. The highest BCUT2D eigenvalue weighted by molar-refractivity contribution is 6.74. The Labute approximate surface area is 153 Å². The summed E-state index contributed by atoms with van der Waals surface area (Å²) in [5, 5.41) is 20.6. The van der Waals surface area contributed by atoms with Crippen LogP contribution in [0.1, 0.15) is 32.8 Å². The van der Waals surface area contributed by atoms with Crippen LogP contribution >= 0.6 is 0 Å². The Morgan fingerprint density at radius 2 is 1.80 bits per heavy atom. The first kappa shape index (κ1) is 22.1. The third kappa shape index (κ3) is 6.04. The Balaban J connectivity index is 2.66. The summed E-state index contributed by atoms with van der Waals surface area (Å²) >= 11 is 0. The number of rotatable bonds is 10. The minimum absolute atomic E-state index is 0.119. The van der Waals surface area contributed by atoms with Crippen molar-refractivity contribution in [1.29, 1.82) is 0 Å². The van der Waals surface area contributed by atoms with Gasteiger partial charge in [0.05, 0.1) is 19.3 Å². The molecule has 1 aromatic carbocycles. The summed E-state index contributed by atoms with van der Waals surface area (Å²) in [5.74, 6) is 0. The molecular formula is C20H34O4Si. The minimum Gasteiger partial charge on any atom is -0.417 e. The van der Waals surface area contributed by atoms with E-state index in [1.807, 2.05) is 30.3 Å². The Morgan fingerprint density at radius 1 is 1.20 bits per heavy atom. The van der Waals surface area contributed by atoms with Gasteiger partial charge in [0.25, 0.3) is 0 Å². The van der Waals surface area contributed by atoms with Gasteiger partial charge in [-0.1, -0.05) is 57.2 Å². The Kier molecular flexibility index (Phi) is 8.03. The van der Waals surface area contributed by atoms with Crippen molar-refractivity contribution in [2.75, 3.05) is 13.2 Å². The Morgan fingerprint density at radius 3 is 2.28 bits per heavy atom. The van der Waals surface area contributed by atoms with Crippen LogP contribution < -0.4 is 0 Å². The molecule has 4 nitrogen and oxygen atoms in total. The summed E-state index contributed by atoms with van der Waals surface area (Å²) in [4.78, 5) is 0. The molecule has 1 rings (SSSR count). The molecule has 5 heteroatoms. The summed E-state index contributed by atoms with van der Waals surface area (Å²) in [7, 11) is -1.86. The van der Waals surface area contributed by atoms with Crippen molar-refractivity contribution in [3.63, 3.8) is 0 Å². The fourth-order valence-electron chi connectivity index (χ4n) is 2.19. The van der Waals surface area contributed by atoms with Gasteiger partial charge in [-0.15, -0.1) is 6.58 Å². The molecule has 0 aromatic heterocycles. The molecule has 0 spiro atoms. The molecule has 0 aliphatic rings. The molecule has 0 bridgehead atoms. The molecule has 0 radical (unpaired) electrons. The fourth-order valence-corrected chi connectivity index (χ4v) is 3.25. The smallest absolute Gasteiger partial charge is 0.191 e. The van der Waals surface area contributed by atoms with E-state index >= 15 is 0 Å². The topological polar surface area (TPSA) is 58.9 Å². The largest absolute Gasteiger partial charge is 0.417 e. The van der Waals surface area contributed by atoms with Gasteiger partial charge < -0.3 is 19.4 Å². The average molecular weight is 367 g/mol. The van der Waals surface area contributed by atoms with Crippen LogP contribution in [0.25, 0.3) is 0 Å². The van der Waals surface area contributed by atoms with Crippen LogP contribution in [0.2, 0.25) is 18.1 Å². The van der Waals surface area contributed by atoms with Gasteiger partial charge in [0.1, 0.15) is 5.60 Å². The van der Waals surface area contributed by atoms with E-state index in [-0.39, 0.29) is 11.6 Å². The standard InChI is InChI=1S/C20H34O4Si/c1-7-20(16-21,23-15-17-11-9-8-10-12-17)18(22)13-14-24-25(5,6)19(2,3)4/h7-12,18,21-22H,1,13-16H2,2-6H3/t18-,20+/m1/s1. The maximum Gasteiger partial charge on any atom is 0.191 e. The van der Waals surface area contributed by atoms with Crippen LogP contribution in [-0.4, -0.2) is 43.4 Å². The summed E-state index contributed by atoms with van der Waals surface area (Å²) in [6.45, 7) is 15.1. The molecule has 0 heterocycles. The van der Waals surface area contributed by atoms with Gasteiger partial charge in [-0.3, -0.25) is 0 Å². The van der Waals surface area contributed by atoms with E-state index in [0.717, 1.165) is 5.56 Å². The SMILES string of the molecule is C=C[C@@](CO)(OCc1ccccc1)[C@H](O)CCO[Si](C)(C)C(C)(C)C. The van der Waals surface area contributed by atoms with Gasteiger partial charge in [-0.25, -0.2) is 0 Å². The number of aliphatic hydroxyl groups excluding tert-OH is 2. The van der Waals surface area contributed by atoms with E-state index in [9.17, 15) is 10.2 Å². The normalized spacial score (nSPS) is 16.3. The van der Waals surface area contributed by atoms with Crippen LogP contribution in [-0.2, 0) is 15.8 Å². The molecule has 142 valence electrons. The zero-order chi connectivity index (χ0) is 19.1. The monoisotopic (exact) mass is 366 g/mol. The summed E-state index contributed by atoms with van der Waals surface area (Å²) in [6.07, 6.45) is 0.990. The second kappa shape index (κ2) is 9.10. The van der Waals surface area contributed by atoms with Gasteiger partial charge in [0.2, 0.25) is 0 Å². The summed E-state index contributed by atoms with van der Waals surface area (Å²) in [6, 6.07) is 9.67. The highest BCUT2D eigenvalue weighted by Gasteiger charge is 2.39. The molecule has 0 aliphatic heterocycles. The first-order valence-corrected chi connectivity index (χ1v) is 11.7. The van der Waals surface area contributed by atoms with Crippen LogP contribution in [0.4, 0.5) is 0 Å². The van der Waals surface area contributed by atoms with Crippen molar-refractivity contribution in [3.8, 4) is 0 Å². The first-order chi connectivity index (χ1) is 11.6. The fraction of sp³-hybridized carbons (Fsp3) is 0.600. The van der Waals surface area contributed by atoms with Crippen molar-refractivity contribution in [2.24, 2.45) is 0 Å². The second-order valence-corrected chi connectivity index (χ2v) is 12.8. The average Bonchev–Trinajstić information content (AvgIpc) is 2.56. The molecule has 0 saturated heterocycles. The van der Waals surface area contributed by atoms with Crippen molar-refractivity contribution in [3.05, 3.63) is 48.6 Å². The minimum atomic E-state index is -1.86. The van der Waals surface area contributed by atoms with Gasteiger partial charge >= 0.3 is 0 Å². The third-order valence-electron chi connectivity index (χ3n) is 5.17. The number of hydrogen-bond donors (Lipinski definition) is 2. The van der Waals surface area contributed by atoms with Gasteiger partial charge in [0, 0.05) is 6.61 Å². The van der Waals surface area contributed by atoms with Crippen molar-refractivity contribution in [2.45, 2.75) is 63.6 Å². The molecule has 0 amide bonds. The number of hydrogen-bond acceptors (Lipinski definition) is 4. The van der Waals surface area contributed by atoms with E-state index in [1.54, 1.807) is 0 Å². The lowest BCUT2D eigenvalue weighted by molar-refractivity contribution is -0.128.